The molecule has 0 unspecified atom stereocenters. The maximum absolute atomic E-state index is 6.03. The summed E-state index contributed by atoms with van der Waals surface area (Å²) in [5, 5.41) is 3.46. The molecule has 0 atom stereocenters. The van der Waals surface area contributed by atoms with Gasteiger partial charge in [0.1, 0.15) is 0 Å². The minimum Gasteiger partial charge on any atom is -0.0837 e. The van der Waals surface area contributed by atoms with E-state index in [2.05, 4.69) is 0 Å². The van der Waals surface area contributed by atoms with Crippen molar-refractivity contribution in [1.82, 2.24) is 0 Å². The zero-order valence-electron chi connectivity index (χ0n) is 6.82. The first kappa shape index (κ1) is 10.4. The normalized spacial score (nSPS) is 10.9. The van der Waals surface area contributed by atoms with Crippen LogP contribution in [0.3, 0.4) is 0 Å². The van der Waals surface area contributed by atoms with Crippen LogP contribution in [0.1, 0.15) is 0 Å². The van der Waals surface area contributed by atoms with Crippen molar-refractivity contribution >= 4 is 57.2 Å². The molecule has 0 amide bonds. The Balaban J connectivity index is 2.98. The fourth-order valence-electron chi connectivity index (χ4n) is 1.29. The highest BCUT2D eigenvalue weighted by Gasteiger charge is 2.10. The molecule has 2 aromatic rings. The molecule has 4 heteroatoms. The van der Waals surface area contributed by atoms with Crippen LogP contribution in [-0.2, 0) is 0 Å². The molecule has 0 aromatic heterocycles. The predicted octanol–water partition coefficient (Wildman–Crippen LogP) is 5.45. The van der Waals surface area contributed by atoms with E-state index in [0.717, 1.165) is 10.8 Å². The molecule has 0 radical (unpaired) electrons. The van der Waals surface area contributed by atoms with Crippen LogP contribution in [0.15, 0.2) is 24.3 Å². The molecule has 0 saturated heterocycles. The smallest absolute Gasteiger partial charge is 0.0785 e. The van der Waals surface area contributed by atoms with Gasteiger partial charge in [-0.25, -0.2) is 0 Å². The summed E-state index contributed by atoms with van der Waals surface area (Å²) < 4.78 is 0. The molecule has 0 saturated carbocycles. The zero-order chi connectivity index (χ0) is 10.3. The van der Waals surface area contributed by atoms with Gasteiger partial charge in [0.15, 0.2) is 0 Å². The van der Waals surface area contributed by atoms with E-state index in [9.17, 15) is 0 Å². The maximum Gasteiger partial charge on any atom is 0.0785 e. The van der Waals surface area contributed by atoms with Crippen LogP contribution in [0, 0.1) is 0 Å². The summed E-state index contributed by atoms with van der Waals surface area (Å²) in [5.41, 5.74) is 0. The first-order valence-corrected chi connectivity index (χ1v) is 5.34. The van der Waals surface area contributed by atoms with Gasteiger partial charge >= 0.3 is 0 Å². The molecule has 0 N–H and O–H groups in total. The molecule has 0 aliphatic rings. The van der Waals surface area contributed by atoms with E-state index in [1.807, 2.05) is 12.1 Å². The Morgan fingerprint density at radius 1 is 0.714 bits per heavy atom. The summed E-state index contributed by atoms with van der Waals surface area (Å²) in [4.78, 5) is 0. The summed E-state index contributed by atoms with van der Waals surface area (Å²) in [6.45, 7) is 0. The summed E-state index contributed by atoms with van der Waals surface area (Å²) in [6.07, 6.45) is 0. The van der Waals surface area contributed by atoms with Crippen molar-refractivity contribution in [3.05, 3.63) is 44.4 Å². The fraction of sp³-hybridized carbons (Fsp3) is 0. The number of hydrogen-bond acceptors (Lipinski definition) is 0. The minimum atomic E-state index is 0.364. The van der Waals surface area contributed by atoms with E-state index in [1.165, 1.54) is 0 Å². The number of fused-ring (bicyclic) bond motifs is 1. The first-order chi connectivity index (χ1) is 6.61. The average Bonchev–Trinajstić information content (AvgIpc) is 2.17. The quantitative estimate of drug-likeness (QED) is 0.556. The fourth-order valence-corrected chi connectivity index (χ4v) is 2.19. The van der Waals surface area contributed by atoms with Crippen molar-refractivity contribution in [2.24, 2.45) is 0 Å². The Morgan fingerprint density at radius 3 is 2.14 bits per heavy atom. The molecule has 2 aromatic carbocycles. The van der Waals surface area contributed by atoms with Crippen LogP contribution >= 0.6 is 46.4 Å². The Bertz CT molecular complexity index is 505. The molecule has 0 aliphatic carbocycles. The Labute approximate surface area is 101 Å². The van der Waals surface area contributed by atoms with E-state index >= 15 is 0 Å². The SMILES string of the molecule is Clc1cc2c(Cl)cccc2c(Cl)c1Cl. The second-order valence-corrected chi connectivity index (χ2v) is 4.39. The van der Waals surface area contributed by atoms with Gasteiger partial charge in [0, 0.05) is 15.8 Å². The third kappa shape index (κ3) is 1.57. The highest BCUT2D eigenvalue weighted by atomic mass is 35.5. The molecule has 2 rings (SSSR count). The molecular weight excluding hydrogens is 262 g/mol. The van der Waals surface area contributed by atoms with Gasteiger partial charge in [0.25, 0.3) is 0 Å². The van der Waals surface area contributed by atoms with Gasteiger partial charge in [-0.2, -0.15) is 0 Å². The average molecular weight is 266 g/mol. The Hall–Kier alpha value is -0.140. The second kappa shape index (κ2) is 3.79. The van der Waals surface area contributed by atoms with E-state index in [0.29, 0.717) is 20.1 Å². The molecular formula is C10H4Cl4. The van der Waals surface area contributed by atoms with Crippen LogP contribution in [0.5, 0.6) is 0 Å². The van der Waals surface area contributed by atoms with Crippen molar-refractivity contribution in [1.29, 1.82) is 0 Å². The second-order valence-electron chi connectivity index (χ2n) is 2.82. The molecule has 72 valence electrons. The van der Waals surface area contributed by atoms with Crippen LogP contribution in [0.25, 0.3) is 10.8 Å². The highest BCUT2D eigenvalue weighted by molar-refractivity contribution is 6.51. The van der Waals surface area contributed by atoms with Gasteiger partial charge in [0.05, 0.1) is 15.1 Å². The summed E-state index contributed by atoms with van der Waals surface area (Å²) >= 11 is 23.8. The number of benzene rings is 2. The van der Waals surface area contributed by atoms with E-state index < -0.39 is 0 Å². The Morgan fingerprint density at radius 2 is 1.43 bits per heavy atom. The van der Waals surface area contributed by atoms with Gasteiger partial charge < -0.3 is 0 Å². The van der Waals surface area contributed by atoms with Crippen LogP contribution in [-0.4, -0.2) is 0 Å². The van der Waals surface area contributed by atoms with Crippen LogP contribution < -0.4 is 0 Å². The molecule has 0 fully saturated rings. The van der Waals surface area contributed by atoms with Crippen molar-refractivity contribution in [3.63, 3.8) is 0 Å². The minimum absolute atomic E-state index is 0.364. The van der Waals surface area contributed by atoms with E-state index in [-0.39, 0.29) is 0 Å². The van der Waals surface area contributed by atoms with E-state index in [1.54, 1.807) is 12.1 Å². The van der Waals surface area contributed by atoms with E-state index in [4.69, 9.17) is 46.4 Å². The van der Waals surface area contributed by atoms with Crippen LogP contribution in [0.4, 0.5) is 0 Å². The lowest BCUT2D eigenvalue weighted by molar-refractivity contribution is 1.74. The molecule has 0 aliphatic heterocycles. The third-order valence-corrected chi connectivity index (χ3v) is 3.57. The largest absolute Gasteiger partial charge is 0.0837 e. The van der Waals surface area contributed by atoms with Gasteiger partial charge in [-0.15, -0.1) is 0 Å². The van der Waals surface area contributed by atoms with Crippen molar-refractivity contribution < 1.29 is 0 Å². The number of rotatable bonds is 0. The van der Waals surface area contributed by atoms with Gasteiger partial charge in [0.2, 0.25) is 0 Å². The lowest BCUT2D eigenvalue weighted by Gasteiger charge is -2.05. The zero-order valence-corrected chi connectivity index (χ0v) is 9.84. The predicted molar refractivity (Wildman–Crippen MR) is 64.0 cm³/mol. The van der Waals surface area contributed by atoms with Gasteiger partial charge in [-0.3, -0.25) is 0 Å². The van der Waals surface area contributed by atoms with Crippen molar-refractivity contribution in [2.75, 3.05) is 0 Å². The highest BCUT2D eigenvalue weighted by Crippen LogP contribution is 2.38. The molecule has 0 heterocycles. The number of hydrogen-bond donors (Lipinski definition) is 0. The molecule has 0 bridgehead atoms. The molecule has 0 nitrogen and oxygen atoms in total. The molecule has 14 heavy (non-hydrogen) atoms. The summed E-state index contributed by atoms with van der Waals surface area (Å²) in [6, 6.07) is 7.17. The topological polar surface area (TPSA) is 0 Å². The lowest BCUT2D eigenvalue weighted by atomic mass is 10.1. The van der Waals surface area contributed by atoms with Crippen LogP contribution in [0.2, 0.25) is 20.1 Å². The van der Waals surface area contributed by atoms with Crippen molar-refractivity contribution in [2.45, 2.75) is 0 Å². The lowest BCUT2D eigenvalue weighted by Crippen LogP contribution is -1.79. The molecule has 0 spiro atoms. The maximum atomic E-state index is 6.03. The third-order valence-electron chi connectivity index (χ3n) is 1.96. The Kier molecular flexibility index (Phi) is 2.81. The summed E-state index contributed by atoms with van der Waals surface area (Å²) in [7, 11) is 0. The first-order valence-electron chi connectivity index (χ1n) is 3.83. The standard InChI is InChI=1S/C10H4Cl4/c11-7-3-1-2-5-6(7)4-8(12)10(14)9(5)13/h1-4H. The monoisotopic (exact) mass is 264 g/mol. The van der Waals surface area contributed by atoms with Gasteiger partial charge in [-0.05, 0) is 12.1 Å². The van der Waals surface area contributed by atoms with Gasteiger partial charge in [-0.1, -0.05) is 58.5 Å². The number of halogens is 4. The summed E-state index contributed by atoms with van der Waals surface area (Å²) in [5.74, 6) is 0. The van der Waals surface area contributed by atoms with Crippen molar-refractivity contribution in [3.8, 4) is 0 Å².